The Morgan fingerprint density at radius 1 is 1.47 bits per heavy atom. The summed E-state index contributed by atoms with van der Waals surface area (Å²) in [4.78, 5) is 12.3. The summed E-state index contributed by atoms with van der Waals surface area (Å²) < 4.78 is 5.19. The number of likely N-dealkylation sites (N-methyl/N-ethyl adjacent to an activating group) is 1. The van der Waals surface area contributed by atoms with Crippen molar-refractivity contribution in [2.45, 2.75) is 13.3 Å². The third-order valence-corrected chi connectivity index (χ3v) is 2.65. The average molecular weight is 237 g/mol. The lowest BCUT2D eigenvalue weighted by Crippen LogP contribution is -2.27. The summed E-state index contributed by atoms with van der Waals surface area (Å²) in [6, 6.07) is 6.04. The molecule has 0 amide bonds. The summed E-state index contributed by atoms with van der Waals surface area (Å²) in [7, 11) is 3.47. The lowest BCUT2D eigenvalue weighted by molar-refractivity contribution is -0.137. The highest BCUT2D eigenvalue weighted by Crippen LogP contribution is 2.18. The number of ether oxygens (including phenoxy) is 1. The third-order valence-electron chi connectivity index (χ3n) is 2.65. The average Bonchev–Trinajstić information content (AvgIpc) is 2.25. The summed E-state index contributed by atoms with van der Waals surface area (Å²) in [6.45, 7) is 2.82. The molecule has 1 aromatic rings. The van der Waals surface area contributed by atoms with E-state index in [4.69, 9.17) is 9.84 Å². The van der Waals surface area contributed by atoms with Gasteiger partial charge < -0.3 is 9.84 Å². The van der Waals surface area contributed by atoms with E-state index >= 15 is 0 Å². The molecule has 4 heteroatoms. The van der Waals surface area contributed by atoms with E-state index < -0.39 is 5.97 Å². The predicted molar refractivity (Wildman–Crippen MR) is 66.6 cm³/mol. The maximum atomic E-state index is 10.5. The van der Waals surface area contributed by atoms with Gasteiger partial charge in [-0.05, 0) is 37.6 Å². The number of benzene rings is 1. The zero-order valence-corrected chi connectivity index (χ0v) is 10.6. The van der Waals surface area contributed by atoms with Crippen molar-refractivity contribution in [3.8, 4) is 5.75 Å². The van der Waals surface area contributed by atoms with E-state index in [2.05, 4.69) is 6.07 Å². The van der Waals surface area contributed by atoms with Gasteiger partial charge in [-0.15, -0.1) is 0 Å². The molecular formula is C13H19NO3. The molecule has 0 aliphatic heterocycles. The minimum Gasteiger partial charge on any atom is -0.496 e. The van der Waals surface area contributed by atoms with Crippen LogP contribution in [-0.4, -0.2) is 43.2 Å². The number of carboxylic acid groups (broad SMARTS) is 1. The Balaban J connectivity index is 2.52. The SMILES string of the molecule is COc1ccc(CCN(C)CC(=O)O)cc1C. The highest BCUT2D eigenvalue weighted by molar-refractivity contribution is 5.69. The summed E-state index contributed by atoms with van der Waals surface area (Å²) in [5, 5.41) is 8.64. The molecule has 0 fully saturated rings. The summed E-state index contributed by atoms with van der Waals surface area (Å²) in [6.07, 6.45) is 0.842. The van der Waals surface area contributed by atoms with E-state index in [1.54, 1.807) is 12.0 Å². The van der Waals surface area contributed by atoms with E-state index in [1.807, 2.05) is 26.1 Å². The van der Waals surface area contributed by atoms with Crippen LogP contribution in [0.1, 0.15) is 11.1 Å². The Bertz CT molecular complexity index is 390. The number of aliphatic carboxylic acids is 1. The van der Waals surface area contributed by atoms with Crippen LogP contribution in [0.4, 0.5) is 0 Å². The molecule has 0 aliphatic rings. The first-order chi connectivity index (χ1) is 8.02. The number of methoxy groups -OCH3 is 1. The number of nitrogens with zero attached hydrogens (tertiary/aromatic N) is 1. The molecule has 1 N–H and O–H groups in total. The standard InChI is InChI=1S/C13H19NO3/c1-10-8-11(4-5-12(10)17-3)6-7-14(2)9-13(15)16/h4-5,8H,6-7,9H2,1-3H3,(H,15,16). The van der Waals surface area contributed by atoms with Crippen LogP contribution in [0.3, 0.4) is 0 Å². The largest absolute Gasteiger partial charge is 0.496 e. The van der Waals surface area contributed by atoms with Crippen molar-refractivity contribution in [2.24, 2.45) is 0 Å². The molecule has 0 aromatic heterocycles. The van der Waals surface area contributed by atoms with Crippen molar-refractivity contribution in [1.29, 1.82) is 0 Å². The van der Waals surface area contributed by atoms with Gasteiger partial charge in [-0.1, -0.05) is 12.1 Å². The topological polar surface area (TPSA) is 49.8 Å². The zero-order chi connectivity index (χ0) is 12.8. The number of rotatable bonds is 6. The number of aryl methyl sites for hydroxylation is 1. The highest BCUT2D eigenvalue weighted by atomic mass is 16.5. The van der Waals surface area contributed by atoms with Gasteiger partial charge >= 0.3 is 5.97 Å². The Hall–Kier alpha value is -1.55. The Morgan fingerprint density at radius 2 is 2.18 bits per heavy atom. The van der Waals surface area contributed by atoms with Crippen molar-refractivity contribution in [2.75, 3.05) is 27.2 Å². The van der Waals surface area contributed by atoms with Gasteiger partial charge in [-0.3, -0.25) is 9.69 Å². The second kappa shape index (κ2) is 6.25. The predicted octanol–water partition coefficient (Wildman–Crippen LogP) is 1.56. The van der Waals surface area contributed by atoms with Crippen molar-refractivity contribution in [3.05, 3.63) is 29.3 Å². The van der Waals surface area contributed by atoms with Gasteiger partial charge in [0.05, 0.1) is 13.7 Å². The molecule has 0 spiro atoms. The summed E-state index contributed by atoms with van der Waals surface area (Å²) in [5.41, 5.74) is 2.30. The first-order valence-electron chi connectivity index (χ1n) is 5.56. The normalized spacial score (nSPS) is 10.6. The molecule has 0 unspecified atom stereocenters. The number of carbonyl (C=O) groups is 1. The minimum absolute atomic E-state index is 0.0785. The molecule has 0 heterocycles. The van der Waals surface area contributed by atoms with Gasteiger partial charge in [0.25, 0.3) is 0 Å². The summed E-state index contributed by atoms with van der Waals surface area (Å²) in [5.74, 6) is 0.0889. The van der Waals surface area contributed by atoms with Gasteiger partial charge in [0.1, 0.15) is 5.75 Å². The number of hydrogen-bond acceptors (Lipinski definition) is 3. The van der Waals surface area contributed by atoms with Crippen LogP contribution in [0, 0.1) is 6.92 Å². The minimum atomic E-state index is -0.793. The molecule has 1 rings (SSSR count). The monoisotopic (exact) mass is 237 g/mol. The molecule has 0 radical (unpaired) electrons. The van der Waals surface area contributed by atoms with Crippen molar-refractivity contribution in [3.63, 3.8) is 0 Å². The second-order valence-electron chi connectivity index (χ2n) is 4.19. The first kappa shape index (κ1) is 13.5. The Morgan fingerprint density at radius 3 is 2.71 bits per heavy atom. The first-order valence-corrected chi connectivity index (χ1v) is 5.56. The second-order valence-corrected chi connectivity index (χ2v) is 4.19. The smallest absolute Gasteiger partial charge is 0.317 e. The zero-order valence-electron chi connectivity index (χ0n) is 10.6. The molecule has 0 saturated heterocycles. The van der Waals surface area contributed by atoms with Gasteiger partial charge in [0.2, 0.25) is 0 Å². The maximum Gasteiger partial charge on any atom is 0.317 e. The van der Waals surface area contributed by atoms with Gasteiger partial charge in [-0.25, -0.2) is 0 Å². The molecule has 0 atom stereocenters. The molecule has 0 aliphatic carbocycles. The lowest BCUT2D eigenvalue weighted by atomic mass is 10.1. The fourth-order valence-corrected chi connectivity index (χ4v) is 1.73. The van der Waals surface area contributed by atoms with Gasteiger partial charge in [-0.2, -0.15) is 0 Å². The maximum absolute atomic E-state index is 10.5. The van der Waals surface area contributed by atoms with Crippen LogP contribution in [0.25, 0.3) is 0 Å². The van der Waals surface area contributed by atoms with Crippen LogP contribution in [0.5, 0.6) is 5.75 Å². The molecule has 1 aromatic carbocycles. The molecule has 0 saturated carbocycles. The van der Waals surface area contributed by atoms with E-state index in [0.717, 1.165) is 24.3 Å². The van der Waals surface area contributed by atoms with Crippen LogP contribution in [0.15, 0.2) is 18.2 Å². The quantitative estimate of drug-likeness (QED) is 0.815. The van der Waals surface area contributed by atoms with Crippen molar-refractivity contribution in [1.82, 2.24) is 4.90 Å². The van der Waals surface area contributed by atoms with Gasteiger partial charge in [0, 0.05) is 6.54 Å². The van der Waals surface area contributed by atoms with E-state index in [-0.39, 0.29) is 6.54 Å². The molecular weight excluding hydrogens is 218 g/mol. The lowest BCUT2D eigenvalue weighted by Gasteiger charge is -2.14. The molecule has 94 valence electrons. The number of hydrogen-bond donors (Lipinski definition) is 1. The van der Waals surface area contributed by atoms with Crippen LogP contribution in [0.2, 0.25) is 0 Å². The summed E-state index contributed by atoms with van der Waals surface area (Å²) >= 11 is 0. The van der Waals surface area contributed by atoms with Gasteiger partial charge in [0.15, 0.2) is 0 Å². The fraction of sp³-hybridized carbons (Fsp3) is 0.462. The number of carboxylic acids is 1. The van der Waals surface area contributed by atoms with Crippen molar-refractivity contribution >= 4 is 5.97 Å². The molecule has 4 nitrogen and oxygen atoms in total. The van der Waals surface area contributed by atoms with Crippen molar-refractivity contribution < 1.29 is 14.6 Å². The van der Waals surface area contributed by atoms with Crippen LogP contribution >= 0.6 is 0 Å². The van der Waals surface area contributed by atoms with E-state index in [9.17, 15) is 4.79 Å². The highest BCUT2D eigenvalue weighted by Gasteiger charge is 2.05. The molecule has 0 bridgehead atoms. The fourth-order valence-electron chi connectivity index (χ4n) is 1.73. The Kier molecular flexibility index (Phi) is 4.97. The third kappa shape index (κ3) is 4.44. The van der Waals surface area contributed by atoms with E-state index in [0.29, 0.717) is 0 Å². The Labute approximate surface area is 102 Å². The van der Waals surface area contributed by atoms with Crippen LogP contribution < -0.4 is 4.74 Å². The molecule has 17 heavy (non-hydrogen) atoms. The van der Waals surface area contributed by atoms with E-state index in [1.165, 1.54) is 5.56 Å². The van der Waals surface area contributed by atoms with Crippen LogP contribution in [-0.2, 0) is 11.2 Å².